The number of carbonyl (C=O) groups is 1. The summed E-state index contributed by atoms with van der Waals surface area (Å²) >= 11 is 0. The molecule has 2 N–H and O–H groups in total. The van der Waals surface area contributed by atoms with Gasteiger partial charge in [-0.1, -0.05) is 6.07 Å². The molecule has 0 bridgehead atoms. The van der Waals surface area contributed by atoms with Crippen molar-refractivity contribution in [3.63, 3.8) is 0 Å². The molecule has 0 saturated heterocycles. The summed E-state index contributed by atoms with van der Waals surface area (Å²) in [5, 5.41) is 16.7. The van der Waals surface area contributed by atoms with Crippen molar-refractivity contribution in [2.24, 2.45) is 0 Å². The Bertz CT molecular complexity index is 507. The Hall–Kier alpha value is -2.11. The fourth-order valence-electron chi connectivity index (χ4n) is 1.72. The van der Waals surface area contributed by atoms with Crippen LogP contribution in [-0.2, 0) is 4.79 Å². The first-order valence-corrected chi connectivity index (χ1v) is 6.49. The molecule has 1 aromatic carbocycles. The van der Waals surface area contributed by atoms with Crippen molar-refractivity contribution in [3.05, 3.63) is 33.9 Å². The Labute approximate surface area is 118 Å². The highest BCUT2D eigenvalue weighted by Gasteiger charge is 2.14. The fraction of sp³-hybridized carbons (Fsp3) is 0.500. The highest BCUT2D eigenvalue weighted by atomic mass is 16.6. The Morgan fingerprint density at radius 3 is 2.55 bits per heavy atom. The third kappa shape index (κ3) is 5.26. The first-order chi connectivity index (χ1) is 9.19. The van der Waals surface area contributed by atoms with Crippen molar-refractivity contribution in [1.29, 1.82) is 0 Å². The van der Waals surface area contributed by atoms with E-state index in [0.29, 0.717) is 24.2 Å². The monoisotopic (exact) mass is 279 g/mol. The number of amides is 1. The molecular weight excluding hydrogens is 258 g/mol. The van der Waals surface area contributed by atoms with Crippen LogP contribution < -0.4 is 10.6 Å². The molecule has 0 atom stereocenters. The third-order valence-corrected chi connectivity index (χ3v) is 2.60. The molecule has 0 fully saturated rings. The van der Waals surface area contributed by atoms with Crippen LogP contribution in [0.2, 0.25) is 0 Å². The minimum atomic E-state index is -0.410. The largest absolute Gasteiger partial charge is 0.384 e. The van der Waals surface area contributed by atoms with Crippen LogP contribution in [0.25, 0.3) is 0 Å². The van der Waals surface area contributed by atoms with Gasteiger partial charge in [-0.05, 0) is 33.8 Å². The molecule has 0 aliphatic rings. The van der Waals surface area contributed by atoms with Gasteiger partial charge in [-0.3, -0.25) is 14.9 Å². The van der Waals surface area contributed by atoms with E-state index < -0.39 is 4.92 Å². The summed E-state index contributed by atoms with van der Waals surface area (Å²) in [4.78, 5) is 22.0. The van der Waals surface area contributed by atoms with Crippen molar-refractivity contribution in [2.75, 3.05) is 11.9 Å². The number of carbonyl (C=O) groups excluding carboxylic acids is 1. The topological polar surface area (TPSA) is 84.3 Å². The molecule has 0 aliphatic carbocycles. The van der Waals surface area contributed by atoms with E-state index in [2.05, 4.69) is 10.6 Å². The number of benzene rings is 1. The maximum Gasteiger partial charge on any atom is 0.274 e. The zero-order valence-electron chi connectivity index (χ0n) is 12.3. The Kier molecular flexibility index (Phi) is 5.07. The van der Waals surface area contributed by atoms with Gasteiger partial charge in [0.15, 0.2) is 0 Å². The summed E-state index contributed by atoms with van der Waals surface area (Å²) in [6.07, 6.45) is 0.318. The summed E-state index contributed by atoms with van der Waals surface area (Å²) < 4.78 is 0. The minimum Gasteiger partial charge on any atom is -0.384 e. The first kappa shape index (κ1) is 15.9. The molecule has 0 aromatic heterocycles. The van der Waals surface area contributed by atoms with E-state index in [1.807, 2.05) is 20.8 Å². The highest BCUT2D eigenvalue weighted by Crippen LogP contribution is 2.22. The number of hydrogen-bond donors (Lipinski definition) is 2. The molecule has 6 heteroatoms. The fourth-order valence-corrected chi connectivity index (χ4v) is 1.72. The standard InChI is InChI=1S/C14H21N3O3/c1-10-5-6-11(9-12(10)17(19)20)15-8-7-13(18)16-14(2,3)4/h5-6,9,15H,7-8H2,1-4H3,(H,16,18). The number of aryl methyl sites for hydroxylation is 1. The minimum absolute atomic E-state index is 0.0494. The average molecular weight is 279 g/mol. The maximum atomic E-state index is 11.6. The highest BCUT2D eigenvalue weighted by molar-refractivity contribution is 5.77. The molecule has 0 unspecified atom stereocenters. The molecule has 0 heterocycles. The lowest BCUT2D eigenvalue weighted by Crippen LogP contribution is -2.41. The van der Waals surface area contributed by atoms with Crippen molar-refractivity contribution in [3.8, 4) is 0 Å². The van der Waals surface area contributed by atoms with Gasteiger partial charge in [0, 0.05) is 35.8 Å². The molecule has 0 saturated carbocycles. The molecule has 0 spiro atoms. The van der Waals surface area contributed by atoms with Crippen LogP contribution in [0.5, 0.6) is 0 Å². The number of nitro groups is 1. The van der Waals surface area contributed by atoms with E-state index in [1.54, 1.807) is 19.1 Å². The quantitative estimate of drug-likeness (QED) is 0.641. The molecule has 1 aromatic rings. The van der Waals surface area contributed by atoms with E-state index in [4.69, 9.17) is 0 Å². The van der Waals surface area contributed by atoms with E-state index in [1.165, 1.54) is 6.07 Å². The molecule has 110 valence electrons. The molecule has 0 aliphatic heterocycles. The Balaban J connectivity index is 2.53. The molecule has 0 radical (unpaired) electrons. The summed E-state index contributed by atoms with van der Waals surface area (Å²) in [5.41, 5.74) is 1.09. The van der Waals surface area contributed by atoms with Crippen molar-refractivity contribution >= 4 is 17.3 Å². The zero-order valence-corrected chi connectivity index (χ0v) is 12.3. The van der Waals surface area contributed by atoms with Gasteiger partial charge in [-0.15, -0.1) is 0 Å². The van der Waals surface area contributed by atoms with Gasteiger partial charge >= 0.3 is 0 Å². The van der Waals surface area contributed by atoms with Crippen LogP contribution in [0.1, 0.15) is 32.8 Å². The maximum absolute atomic E-state index is 11.6. The van der Waals surface area contributed by atoms with E-state index >= 15 is 0 Å². The van der Waals surface area contributed by atoms with Gasteiger partial charge in [0.05, 0.1) is 4.92 Å². The average Bonchev–Trinajstić information content (AvgIpc) is 2.28. The van der Waals surface area contributed by atoms with E-state index in [9.17, 15) is 14.9 Å². The lowest BCUT2D eigenvalue weighted by atomic mass is 10.1. The van der Waals surface area contributed by atoms with Gasteiger partial charge in [0.1, 0.15) is 0 Å². The number of hydrogen-bond acceptors (Lipinski definition) is 4. The number of anilines is 1. The third-order valence-electron chi connectivity index (χ3n) is 2.60. The number of nitrogens with one attached hydrogen (secondary N) is 2. The number of rotatable bonds is 5. The van der Waals surface area contributed by atoms with Crippen LogP contribution in [0, 0.1) is 17.0 Å². The van der Waals surface area contributed by atoms with Crippen LogP contribution in [0.15, 0.2) is 18.2 Å². The normalized spacial score (nSPS) is 11.0. The van der Waals surface area contributed by atoms with E-state index in [-0.39, 0.29) is 17.1 Å². The van der Waals surface area contributed by atoms with Crippen molar-refractivity contribution in [1.82, 2.24) is 5.32 Å². The van der Waals surface area contributed by atoms with Crippen molar-refractivity contribution < 1.29 is 9.72 Å². The second-order valence-electron chi connectivity index (χ2n) is 5.73. The smallest absolute Gasteiger partial charge is 0.274 e. The first-order valence-electron chi connectivity index (χ1n) is 6.49. The lowest BCUT2D eigenvalue weighted by molar-refractivity contribution is -0.385. The number of nitrogens with zero attached hydrogens (tertiary/aromatic N) is 1. The van der Waals surface area contributed by atoms with Gasteiger partial charge < -0.3 is 10.6 Å². The van der Waals surface area contributed by atoms with Gasteiger partial charge in [-0.2, -0.15) is 0 Å². The zero-order chi connectivity index (χ0) is 15.3. The predicted octanol–water partition coefficient (Wildman–Crippen LogP) is 2.62. The molecule has 1 rings (SSSR count). The molecule has 6 nitrogen and oxygen atoms in total. The Morgan fingerprint density at radius 2 is 2.00 bits per heavy atom. The van der Waals surface area contributed by atoms with Crippen LogP contribution in [0.3, 0.4) is 0 Å². The predicted molar refractivity (Wildman–Crippen MR) is 78.8 cm³/mol. The second-order valence-corrected chi connectivity index (χ2v) is 5.73. The Morgan fingerprint density at radius 1 is 1.35 bits per heavy atom. The SMILES string of the molecule is Cc1ccc(NCCC(=O)NC(C)(C)C)cc1[N+](=O)[O-]. The number of nitro benzene ring substituents is 1. The van der Waals surface area contributed by atoms with Crippen molar-refractivity contribution in [2.45, 2.75) is 39.7 Å². The molecular formula is C14H21N3O3. The van der Waals surface area contributed by atoms with Crippen LogP contribution in [-0.4, -0.2) is 22.9 Å². The van der Waals surface area contributed by atoms with Crippen LogP contribution >= 0.6 is 0 Å². The van der Waals surface area contributed by atoms with Gasteiger partial charge in [-0.25, -0.2) is 0 Å². The van der Waals surface area contributed by atoms with E-state index in [0.717, 1.165) is 0 Å². The second kappa shape index (κ2) is 6.36. The summed E-state index contributed by atoms with van der Waals surface area (Å²) in [6.45, 7) is 7.88. The van der Waals surface area contributed by atoms with Gasteiger partial charge in [0.2, 0.25) is 5.91 Å². The summed E-state index contributed by atoms with van der Waals surface area (Å²) in [6, 6.07) is 4.94. The molecule has 20 heavy (non-hydrogen) atoms. The van der Waals surface area contributed by atoms with Gasteiger partial charge in [0.25, 0.3) is 5.69 Å². The summed E-state index contributed by atoms with van der Waals surface area (Å²) in [5.74, 6) is -0.0494. The van der Waals surface area contributed by atoms with Crippen LogP contribution in [0.4, 0.5) is 11.4 Å². The summed E-state index contributed by atoms with van der Waals surface area (Å²) in [7, 11) is 0. The molecule has 1 amide bonds. The lowest BCUT2D eigenvalue weighted by Gasteiger charge is -2.20.